The molecular weight excluding hydrogens is 182 g/mol. The SMILES string of the molecule is Cn1cc(SC[C@H]2CCCN2)cn1. The summed E-state index contributed by atoms with van der Waals surface area (Å²) in [5.74, 6) is 1.17. The second-order valence-corrected chi connectivity index (χ2v) is 4.55. The number of thioether (sulfide) groups is 1. The van der Waals surface area contributed by atoms with Gasteiger partial charge >= 0.3 is 0 Å². The molecular formula is C9H15N3S. The van der Waals surface area contributed by atoms with Crippen molar-refractivity contribution in [1.82, 2.24) is 15.1 Å². The first kappa shape index (κ1) is 9.09. The molecule has 13 heavy (non-hydrogen) atoms. The fourth-order valence-corrected chi connectivity index (χ4v) is 2.60. The predicted octanol–water partition coefficient (Wildman–Crippen LogP) is 1.26. The Morgan fingerprint density at radius 1 is 1.77 bits per heavy atom. The van der Waals surface area contributed by atoms with Gasteiger partial charge in [-0.3, -0.25) is 4.68 Å². The molecule has 4 heteroatoms. The zero-order valence-electron chi connectivity index (χ0n) is 7.86. The van der Waals surface area contributed by atoms with E-state index < -0.39 is 0 Å². The molecule has 0 unspecified atom stereocenters. The minimum absolute atomic E-state index is 0.713. The lowest BCUT2D eigenvalue weighted by molar-refractivity contribution is 0.674. The van der Waals surface area contributed by atoms with E-state index in [2.05, 4.69) is 16.6 Å². The van der Waals surface area contributed by atoms with Gasteiger partial charge in [0.1, 0.15) is 0 Å². The monoisotopic (exact) mass is 197 g/mol. The average Bonchev–Trinajstić information content (AvgIpc) is 2.71. The van der Waals surface area contributed by atoms with Crippen molar-refractivity contribution < 1.29 is 0 Å². The van der Waals surface area contributed by atoms with Crippen molar-refractivity contribution in [3.05, 3.63) is 12.4 Å². The first-order valence-electron chi connectivity index (χ1n) is 4.69. The Labute approximate surface area is 82.9 Å². The van der Waals surface area contributed by atoms with Gasteiger partial charge in [-0.15, -0.1) is 11.8 Å². The predicted molar refractivity (Wildman–Crippen MR) is 55.0 cm³/mol. The number of rotatable bonds is 3. The van der Waals surface area contributed by atoms with E-state index in [0.717, 1.165) is 0 Å². The van der Waals surface area contributed by atoms with Crippen LogP contribution in [0.1, 0.15) is 12.8 Å². The summed E-state index contributed by atoms with van der Waals surface area (Å²) in [6.45, 7) is 1.19. The topological polar surface area (TPSA) is 29.9 Å². The van der Waals surface area contributed by atoms with E-state index in [-0.39, 0.29) is 0 Å². The van der Waals surface area contributed by atoms with Crippen molar-refractivity contribution >= 4 is 11.8 Å². The maximum absolute atomic E-state index is 4.14. The van der Waals surface area contributed by atoms with E-state index in [0.29, 0.717) is 6.04 Å². The molecule has 1 saturated heterocycles. The van der Waals surface area contributed by atoms with Crippen LogP contribution in [0.15, 0.2) is 17.3 Å². The van der Waals surface area contributed by atoms with Crippen LogP contribution in [0.4, 0.5) is 0 Å². The Morgan fingerprint density at radius 3 is 3.31 bits per heavy atom. The molecule has 0 radical (unpaired) electrons. The number of nitrogens with zero attached hydrogens (tertiary/aromatic N) is 2. The van der Waals surface area contributed by atoms with Gasteiger partial charge in [0.05, 0.1) is 6.20 Å². The van der Waals surface area contributed by atoms with Gasteiger partial charge < -0.3 is 5.32 Å². The van der Waals surface area contributed by atoms with E-state index >= 15 is 0 Å². The van der Waals surface area contributed by atoms with Crippen LogP contribution in [0, 0.1) is 0 Å². The molecule has 72 valence electrons. The summed E-state index contributed by atoms with van der Waals surface area (Å²) < 4.78 is 1.85. The van der Waals surface area contributed by atoms with Gasteiger partial charge in [0.15, 0.2) is 0 Å². The van der Waals surface area contributed by atoms with Crippen molar-refractivity contribution in [2.75, 3.05) is 12.3 Å². The van der Waals surface area contributed by atoms with Gasteiger partial charge in [-0.2, -0.15) is 5.10 Å². The van der Waals surface area contributed by atoms with E-state index in [1.54, 1.807) is 0 Å². The third kappa shape index (κ3) is 2.48. The van der Waals surface area contributed by atoms with E-state index in [4.69, 9.17) is 0 Å². The number of aromatic nitrogens is 2. The molecule has 1 aliphatic heterocycles. The van der Waals surface area contributed by atoms with Crippen LogP contribution in [-0.2, 0) is 7.05 Å². The second-order valence-electron chi connectivity index (χ2n) is 3.45. The largest absolute Gasteiger partial charge is 0.313 e. The highest BCUT2D eigenvalue weighted by atomic mass is 32.2. The molecule has 0 bridgehead atoms. The zero-order chi connectivity index (χ0) is 9.10. The maximum atomic E-state index is 4.14. The summed E-state index contributed by atoms with van der Waals surface area (Å²) in [5.41, 5.74) is 0. The van der Waals surface area contributed by atoms with E-state index in [9.17, 15) is 0 Å². The molecule has 1 aromatic heterocycles. The smallest absolute Gasteiger partial charge is 0.0625 e. The minimum atomic E-state index is 0.713. The van der Waals surface area contributed by atoms with Gasteiger partial charge in [0.2, 0.25) is 0 Å². The average molecular weight is 197 g/mol. The van der Waals surface area contributed by atoms with Crippen molar-refractivity contribution in [2.24, 2.45) is 7.05 Å². The summed E-state index contributed by atoms with van der Waals surface area (Å²) in [7, 11) is 1.96. The van der Waals surface area contributed by atoms with Crippen molar-refractivity contribution in [2.45, 2.75) is 23.8 Å². The van der Waals surface area contributed by atoms with Gasteiger partial charge in [0, 0.05) is 29.9 Å². The van der Waals surface area contributed by atoms with Crippen LogP contribution in [-0.4, -0.2) is 28.1 Å². The molecule has 1 aromatic rings. The fourth-order valence-electron chi connectivity index (χ4n) is 1.57. The molecule has 1 atom stereocenters. The first-order valence-corrected chi connectivity index (χ1v) is 5.68. The molecule has 0 amide bonds. The molecule has 1 N–H and O–H groups in total. The molecule has 1 aliphatic rings. The normalized spacial score (nSPS) is 22.4. The van der Waals surface area contributed by atoms with Crippen LogP contribution in [0.25, 0.3) is 0 Å². The highest BCUT2D eigenvalue weighted by Crippen LogP contribution is 2.20. The highest BCUT2D eigenvalue weighted by Gasteiger charge is 2.13. The standard InChI is InChI=1S/C9H15N3S/c1-12-6-9(5-11-12)13-7-8-3-2-4-10-8/h5-6,8,10H,2-4,7H2,1H3/t8-/m1/s1. The Balaban J connectivity index is 1.78. The number of hydrogen-bond donors (Lipinski definition) is 1. The molecule has 2 rings (SSSR count). The van der Waals surface area contributed by atoms with Crippen LogP contribution in [0.2, 0.25) is 0 Å². The number of hydrogen-bond acceptors (Lipinski definition) is 3. The summed E-state index contributed by atoms with van der Waals surface area (Å²) in [4.78, 5) is 1.27. The van der Waals surface area contributed by atoms with Crippen molar-refractivity contribution in [3.8, 4) is 0 Å². The number of nitrogens with one attached hydrogen (secondary N) is 1. The van der Waals surface area contributed by atoms with Crippen LogP contribution in [0.3, 0.4) is 0 Å². The minimum Gasteiger partial charge on any atom is -0.313 e. The van der Waals surface area contributed by atoms with Gasteiger partial charge in [-0.25, -0.2) is 0 Å². The summed E-state index contributed by atoms with van der Waals surface area (Å²) in [6, 6.07) is 0.713. The maximum Gasteiger partial charge on any atom is 0.0625 e. The molecule has 3 nitrogen and oxygen atoms in total. The lowest BCUT2D eigenvalue weighted by Gasteiger charge is -2.07. The molecule has 0 spiro atoms. The quantitative estimate of drug-likeness (QED) is 0.740. The second kappa shape index (κ2) is 4.15. The summed E-state index contributed by atoms with van der Waals surface area (Å²) in [5, 5.41) is 7.62. The molecule has 0 aliphatic carbocycles. The zero-order valence-corrected chi connectivity index (χ0v) is 8.68. The summed E-state index contributed by atoms with van der Waals surface area (Å²) >= 11 is 1.89. The Morgan fingerprint density at radius 2 is 2.69 bits per heavy atom. The summed E-state index contributed by atoms with van der Waals surface area (Å²) in [6.07, 6.45) is 6.66. The van der Waals surface area contributed by atoms with Crippen LogP contribution < -0.4 is 5.32 Å². The van der Waals surface area contributed by atoms with Crippen molar-refractivity contribution in [1.29, 1.82) is 0 Å². The first-order chi connectivity index (χ1) is 6.34. The molecule has 0 saturated carbocycles. The third-order valence-electron chi connectivity index (χ3n) is 2.29. The van der Waals surface area contributed by atoms with Gasteiger partial charge in [-0.1, -0.05) is 0 Å². The Kier molecular flexibility index (Phi) is 2.90. The fraction of sp³-hybridized carbons (Fsp3) is 0.667. The highest BCUT2D eigenvalue weighted by molar-refractivity contribution is 7.99. The van der Waals surface area contributed by atoms with Crippen LogP contribution >= 0.6 is 11.8 Å². The van der Waals surface area contributed by atoms with E-state index in [1.165, 1.54) is 30.0 Å². The van der Waals surface area contributed by atoms with Crippen molar-refractivity contribution in [3.63, 3.8) is 0 Å². The van der Waals surface area contributed by atoms with Gasteiger partial charge in [0.25, 0.3) is 0 Å². The van der Waals surface area contributed by atoms with Gasteiger partial charge in [-0.05, 0) is 19.4 Å². The third-order valence-corrected chi connectivity index (χ3v) is 3.41. The molecule has 0 aromatic carbocycles. The van der Waals surface area contributed by atoms with E-state index in [1.807, 2.05) is 29.7 Å². The number of aryl methyl sites for hydroxylation is 1. The van der Waals surface area contributed by atoms with Crippen LogP contribution in [0.5, 0.6) is 0 Å². The molecule has 1 fully saturated rings. The lowest BCUT2D eigenvalue weighted by atomic mass is 10.3. The lowest BCUT2D eigenvalue weighted by Crippen LogP contribution is -2.23. The molecule has 2 heterocycles. The Bertz CT molecular complexity index is 266. The Hall–Kier alpha value is -0.480.